The third-order valence-electron chi connectivity index (χ3n) is 3.07. The fourth-order valence-corrected chi connectivity index (χ4v) is 5.01. The second-order valence-electron chi connectivity index (χ2n) is 4.60. The highest BCUT2D eigenvalue weighted by molar-refractivity contribution is 7.89. The highest BCUT2D eigenvalue weighted by Crippen LogP contribution is 2.24. The summed E-state index contributed by atoms with van der Waals surface area (Å²) in [5.41, 5.74) is 0.815. The van der Waals surface area contributed by atoms with E-state index in [0.29, 0.717) is 0 Å². The number of carbonyl (C=O) groups is 1. The summed E-state index contributed by atoms with van der Waals surface area (Å²) in [7, 11) is -2.70. The minimum absolute atomic E-state index is 0.0183. The van der Waals surface area contributed by atoms with E-state index in [-0.39, 0.29) is 29.5 Å². The van der Waals surface area contributed by atoms with Gasteiger partial charge < -0.3 is 14.6 Å². The van der Waals surface area contributed by atoms with Gasteiger partial charge in [-0.15, -0.1) is 11.3 Å². The zero-order valence-electron chi connectivity index (χ0n) is 12.8. The van der Waals surface area contributed by atoms with Gasteiger partial charge in [-0.25, -0.2) is 17.9 Å². The fourth-order valence-electron chi connectivity index (χ4n) is 1.94. The van der Waals surface area contributed by atoms with Crippen LogP contribution in [0.4, 0.5) is 0 Å². The molecule has 0 aliphatic carbocycles. The van der Waals surface area contributed by atoms with Gasteiger partial charge in [0.25, 0.3) is 0 Å². The second kappa shape index (κ2) is 8.70. The number of esters is 1. The molecule has 2 heterocycles. The molecule has 0 amide bonds. The molecule has 2 rings (SSSR count). The number of sulfonamides is 1. The normalized spacial score (nSPS) is 12.9. The minimum atomic E-state index is -3.89. The third-order valence-corrected chi connectivity index (χ3v) is 6.26. The van der Waals surface area contributed by atoms with Crippen LogP contribution in [0.1, 0.15) is 21.3 Å². The lowest BCUT2D eigenvalue weighted by atomic mass is 10.2. The molecule has 2 aromatic rings. The van der Waals surface area contributed by atoms with E-state index < -0.39 is 22.1 Å². The predicted molar refractivity (Wildman–Crippen MR) is 90.9 cm³/mol. The Kier molecular flexibility index (Phi) is 6.90. The molecule has 2 N–H and O–H groups in total. The monoisotopic (exact) mass is 391 g/mol. The number of carbonyl (C=O) groups excluding carboxylic acids is 1. The topological polar surface area (TPSA) is 102 Å². The molecular formula is C14H17NO6S3. The van der Waals surface area contributed by atoms with Gasteiger partial charge in [0.1, 0.15) is 9.77 Å². The molecule has 2 aromatic heterocycles. The van der Waals surface area contributed by atoms with E-state index in [1.54, 1.807) is 0 Å². The van der Waals surface area contributed by atoms with Crippen LogP contribution >= 0.6 is 22.7 Å². The summed E-state index contributed by atoms with van der Waals surface area (Å²) in [6.07, 6.45) is -0.529. The van der Waals surface area contributed by atoms with Crippen molar-refractivity contribution >= 4 is 38.7 Å². The van der Waals surface area contributed by atoms with Gasteiger partial charge in [-0.3, -0.25) is 0 Å². The maximum absolute atomic E-state index is 12.5. The van der Waals surface area contributed by atoms with Gasteiger partial charge in [0.15, 0.2) is 0 Å². The number of nitrogens with one attached hydrogen (secondary N) is 1. The quantitative estimate of drug-likeness (QED) is 0.630. The summed E-state index contributed by atoms with van der Waals surface area (Å²) in [4.78, 5) is 11.6. The molecule has 0 bridgehead atoms. The first kappa shape index (κ1) is 19.0. The van der Waals surface area contributed by atoms with Crippen LogP contribution in [-0.4, -0.2) is 46.4 Å². The Bertz CT molecular complexity index is 753. The molecule has 7 nitrogen and oxygen atoms in total. The van der Waals surface area contributed by atoms with Crippen LogP contribution in [0, 0.1) is 0 Å². The number of aliphatic hydroxyl groups excluding tert-OH is 1. The summed E-state index contributed by atoms with van der Waals surface area (Å²) >= 11 is 2.46. The molecular weight excluding hydrogens is 374 g/mol. The Hall–Kier alpha value is -1.30. The minimum Gasteiger partial charge on any atom is -0.465 e. The lowest BCUT2D eigenvalue weighted by molar-refractivity contribution is 0.0311. The van der Waals surface area contributed by atoms with Crippen molar-refractivity contribution in [3.63, 3.8) is 0 Å². The largest absolute Gasteiger partial charge is 0.465 e. The molecule has 0 saturated heterocycles. The second-order valence-corrected chi connectivity index (χ2v) is 8.03. The predicted octanol–water partition coefficient (Wildman–Crippen LogP) is 1.62. The smallest absolute Gasteiger partial charge is 0.349 e. The number of aliphatic hydroxyl groups is 1. The Morgan fingerprint density at radius 2 is 2.17 bits per heavy atom. The average Bonchev–Trinajstić information content (AvgIpc) is 3.25. The van der Waals surface area contributed by atoms with E-state index in [1.165, 1.54) is 29.9 Å². The summed E-state index contributed by atoms with van der Waals surface area (Å²) < 4.78 is 37.5. The van der Waals surface area contributed by atoms with Gasteiger partial charge in [0, 0.05) is 6.54 Å². The highest BCUT2D eigenvalue weighted by atomic mass is 32.2. The van der Waals surface area contributed by atoms with E-state index >= 15 is 0 Å². The van der Waals surface area contributed by atoms with Crippen molar-refractivity contribution in [2.45, 2.75) is 11.0 Å². The van der Waals surface area contributed by atoms with Crippen LogP contribution in [0.3, 0.4) is 0 Å². The Morgan fingerprint density at radius 3 is 2.79 bits per heavy atom. The number of hydrogen-bond acceptors (Lipinski definition) is 8. The molecule has 0 radical (unpaired) electrons. The van der Waals surface area contributed by atoms with Crippen LogP contribution in [0.25, 0.3) is 0 Å². The zero-order valence-corrected chi connectivity index (χ0v) is 15.2. The van der Waals surface area contributed by atoms with Crippen molar-refractivity contribution in [1.82, 2.24) is 4.72 Å². The van der Waals surface area contributed by atoms with E-state index in [4.69, 9.17) is 9.84 Å². The molecule has 0 aliphatic heterocycles. The molecule has 0 aliphatic rings. The van der Waals surface area contributed by atoms with E-state index in [9.17, 15) is 13.2 Å². The van der Waals surface area contributed by atoms with E-state index in [2.05, 4.69) is 9.46 Å². The maximum atomic E-state index is 12.5. The molecule has 0 aromatic carbocycles. The molecule has 24 heavy (non-hydrogen) atoms. The average molecular weight is 391 g/mol. The zero-order chi connectivity index (χ0) is 17.6. The lowest BCUT2D eigenvalue weighted by Crippen LogP contribution is -2.30. The number of rotatable bonds is 9. The van der Waals surface area contributed by atoms with Crippen molar-refractivity contribution in [2.75, 3.05) is 26.9 Å². The molecule has 10 heteroatoms. The SMILES string of the molecule is COC(=O)c1sccc1S(=O)(=O)NC[C@H](OCCO)c1ccsc1. The molecule has 0 unspecified atom stereocenters. The Morgan fingerprint density at radius 1 is 1.38 bits per heavy atom. The van der Waals surface area contributed by atoms with Crippen molar-refractivity contribution < 1.29 is 27.8 Å². The first-order valence-corrected chi connectivity index (χ1v) is 10.2. The molecule has 0 fully saturated rings. The molecule has 1 atom stereocenters. The first-order valence-electron chi connectivity index (χ1n) is 6.89. The van der Waals surface area contributed by atoms with Gasteiger partial charge >= 0.3 is 5.97 Å². The van der Waals surface area contributed by atoms with Crippen molar-refractivity contribution in [3.05, 3.63) is 38.7 Å². The standard InChI is InChI=1S/C14H17NO6S3/c1-20-14(17)13-12(3-7-23-13)24(18,19)15-8-11(21-5-4-16)10-2-6-22-9-10/h2-3,6-7,9,11,15-16H,4-5,8H2,1H3/t11-/m0/s1. The van der Waals surface area contributed by atoms with Crippen molar-refractivity contribution in [2.24, 2.45) is 0 Å². The van der Waals surface area contributed by atoms with Crippen LogP contribution in [0.2, 0.25) is 0 Å². The lowest BCUT2D eigenvalue weighted by Gasteiger charge is -2.17. The molecule has 0 saturated carbocycles. The Balaban J connectivity index is 2.13. The third kappa shape index (κ3) is 4.62. The van der Waals surface area contributed by atoms with Crippen LogP contribution < -0.4 is 4.72 Å². The van der Waals surface area contributed by atoms with Crippen molar-refractivity contribution in [1.29, 1.82) is 0 Å². The maximum Gasteiger partial charge on any atom is 0.349 e. The van der Waals surface area contributed by atoms with E-state index in [0.717, 1.165) is 16.9 Å². The van der Waals surface area contributed by atoms with Gasteiger partial charge in [-0.05, 0) is 33.8 Å². The van der Waals surface area contributed by atoms with Crippen LogP contribution in [0.15, 0.2) is 33.2 Å². The van der Waals surface area contributed by atoms with Gasteiger partial charge in [0.05, 0.1) is 26.4 Å². The number of thiophene rings is 2. The highest BCUT2D eigenvalue weighted by Gasteiger charge is 2.26. The van der Waals surface area contributed by atoms with Gasteiger partial charge in [0.2, 0.25) is 10.0 Å². The fraction of sp³-hybridized carbons (Fsp3) is 0.357. The summed E-state index contributed by atoms with van der Waals surface area (Å²) in [5, 5.41) is 14.1. The van der Waals surface area contributed by atoms with Crippen LogP contribution in [-0.2, 0) is 19.5 Å². The number of ether oxygens (including phenoxy) is 2. The van der Waals surface area contributed by atoms with Gasteiger partial charge in [-0.1, -0.05) is 0 Å². The van der Waals surface area contributed by atoms with Crippen molar-refractivity contribution in [3.8, 4) is 0 Å². The molecule has 132 valence electrons. The van der Waals surface area contributed by atoms with E-state index in [1.807, 2.05) is 16.8 Å². The van der Waals surface area contributed by atoms with Crippen LogP contribution in [0.5, 0.6) is 0 Å². The number of methoxy groups -OCH3 is 1. The summed E-state index contributed by atoms with van der Waals surface area (Å²) in [6.45, 7) is -0.0893. The first-order chi connectivity index (χ1) is 11.5. The Labute approximate surface area is 147 Å². The summed E-state index contributed by atoms with van der Waals surface area (Å²) in [6, 6.07) is 3.18. The molecule has 0 spiro atoms. The number of hydrogen-bond donors (Lipinski definition) is 2. The van der Waals surface area contributed by atoms with Gasteiger partial charge in [-0.2, -0.15) is 11.3 Å². The summed E-state index contributed by atoms with van der Waals surface area (Å²) in [5.74, 6) is -0.698.